The minimum Gasteiger partial charge on any atom is -0.493 e. The van der Waals surface area contributed by atoms with E-state index in [2.05, 4.69) is 9.88 Å². The largest absolute Gasteiger partial charge is 0.493 e. The molecular formula is C16H16N2O3S. The van der Waals surface area contributed by atoms with E-state index in [-0.39, 0.29) is 5.92 Å². The Kier molecular flexibility index (Phi) is 3.07. The van der Waals surface area contributed by atoms with Gasteiger partial charge in [-0.2, -0.15) is 0 Å². The molecular weight excluding hydrogens is 300 g/mol. The van der Waals surface area contributed by atoms with Gasteiger partial charge in [-0.3, -0.25) is 4.79 Å². The van der Waals surface area contributed by atoms with Crippen LogP contribution in [0, 0.1) is 11.3 Å². The summed E-state index contributed by atoms with van der Waals surface area (Å²) < 4.78 is 5.90. The molecule has 0 amide bonds. The van der Waals surface area contributed by atoms with Crippen LogP contribution in [-0.4, -0.2) is 35.8 Å². The van der Waals surface area contributed by atoms with Crippen LogP contribution < -0.4 is 9.64 Å². The molecule has 0 radical (unpaired) electrons. The van der Waals surface area contributed by atoms with Gasteiger partial charge in [-0.25, -0.2) is 4.98 Å². The molecule has 22 heavy (non-hydrogen) atoms. The first-order valence-electron chi connectivity index (χ1n) is 7.27. The number of nitrogens with zero attached hydrogens (tertiary/aromatic N) is 2. The maximum Gasteiger partial charge on any atom is 0.312 e. The van der Waals surface area contributed by atoms with Crippen LogP contribution in [0.3, 0.4) is 0 Å². The normalized spacial score (nSPS) is 26.7. The molecule has 6 heteroatoms. The highest BCUT2D eigenvalue weighted by Crippen LogP contribution is 2.45. The van der Waals surface area contributed by atoms with Gasteiger partial charge in [-0.05, 0) is 18.1 Å². The fourth-order valence-corrected chi connectivity index (χ4v) is 4.20. The predicted octanol–water partition coefficient (Wildman–Crippen LogP) is 2.29. The van der Waals surface area contributed by atoms with Crippen molar-refractivity contribution in [3.63, 3.8) is 0 Å². The standard InChI is InChI=1S/C16H16N2O3S/c19-14(20)16-7-11-3-1-2-4-13(11)21-9-12(16)8-18(10-16)15-17-5-6-22-15/h1-6,12H,7-10H2,(H,19,20). The maximum atomic E-state index is 12.1. The van der Waals surface area contributed by atoms with Crippen LogP contribution >= 0.6 is 11.3 Å². The Bertz CT molecular complexity index is 703. The number of fused-ring (bicyclic) bond motifs is 2. The van der Waals surface area contributed by atoms with Crippen LogP contribution in [0.15, 0.2) is 35.8 Å². The molecule has 1 saturated heterocycles. The molecule has 2 aliphatic rings. The summed E-state index contributed by atoms with van der Waals surface area (Å²) in [4.78, 5) is 18.5. The number of hydrogen-bond acceptors (Lipinski definition) is 5. The van der Waals surface area contributed by atoms with E-state index in [1.807, 2.05) is 29.6 Å². The zero-order valence-corrected chi connectivity index (χ0v) is 12.8. The zero-order valence-electron chi connectivity index (χ0n) is 11.9. The van der Waals surface area contributed by atoms with Crippen LogP contribution in [0.25, 0.3) is 0 Å². The van der Waals surface area contributed by atoms with Crippen molar-refractivity contribution in [1.29, 1.82) is 0 Å². The van der Waals surface area contributed by atoms with Crippen molar-refractivity contribution < 1.29 is 14.6 Å². The number of rotatable bonds is 2. The Morgan fingerprint density at radius 2 is 2.32 bits per heavy atom. The third-order valence-electron chi connectivity index (χ3n) is 4.73. The number of thiazole rings is 1. The van der Waals surface area contributed by atoms with E-state index >= 15 is 0 Å². The minimum atomic E-state index is -0.807. The summed E-state index contributed by atoms with van der Waals surface area (Å²) in [6.45, 7) is 1.59. The van der Waals surface area contributed by atoms with Crippen LogP contribution in [0.4, 0.5) is 5.13 Å². The van der Waals surface area contributed by atoms with E-state index in [1.54, 1.807) is 17.5 Å². The minimum absolute atomic E-state index is 0.0405. The second kappa shape index (κ2) is 4.98. The van der Waals surface area contributed by atoms with Gasteiger partial charge in [0.1, 0.15) is 5.75 Å². The average molecular weight is 316 g/mol. The second-order valence-electron chi connectivity index (χ2n) is 5.95. The molecule has 5 nitrogen and oxygen atoms in total. The summed E-state index contributed by atoms with van der Waals surface area (Å²) >= 11 is 1.55. The number of anilines is 1. The van der Waals surface area contributed by atoms with E-state index in [1.165, 1.54) is 0 Å². The number of hydrogen-bond donors (Lipinski definition) is 1. The van der Waals surface area contributed by atoms with Crippen LogP contribution in [0.2, 0.25) is 0 Å². The van der Waals surface area contributed by atoms with E-state index in [0.29, 0.717) is 26.1 Å². The number of ether oxygens (including phenoxy) is 1. The van der Waals surface area contributed by atoms with Gasteiger partial charge in [0.15, 0.2) is 5.13 Å². The first-order chi connectivity index (χ1) is 10.7. The van der Waals surface area contributed by atoms with Crippen LogP contribution in [-0.2, 0) is 11.2 Å². The van der Waals surface area contributed by atoms with Gasteiger partial charge in [0.25, 0.3) is 0 Å². The number of carbonyl (C=O) groups is 1. The molecule has 2 unspecified atom stereocenters. The summed E-state index contributed by atoms with van der Waals surface area (Å²) in [6, 6.07) is 7.75. The first-order valence-corrected chi connectivity index (χ1v) is 8.15. The lowest BCUT2D eigenvalue weighted by atomic mass is 9.74. The van der Waals surface area contributed by atoms with Crippen molar-refractivity contribution in [1.82, 2.24) is 4.98 Å². The first kappa shape index (κ1) is 13.6. The highest BCUT2D eigenvalue weighted by Gasteiger charge is 2.54. The molecule has 2 aromatic rings. The molecule has 0 saturated carbocycles. The van der Waals surface area contributed by atoms with Crippen molar-refractivity contribution in [3.8, 4) is 5.75 Å². The Morgan fingerprint density at radius 1 is 1.45 bits per heavy atom. The number of carboxylic acid groups (broad SMARTS) is 1. The number of aromatic nitrogens is 1. The van der Waals surface area contributed by atoms with Crippen molar-refractivity contribution in [2.24, 2.45) is 11.3 Å². The van der Waals surface area contributed by atoms with Crippen molar-refractivity contribution >= 4 is 22.4 Å². The average Bonchev–Trinajstić information content (AvgIpc) is 3.12. The quantitative estimate of drug-likeness (QED) is 0.921. The molecule has 1 N–H and O–H groups in total. The Balaban J connectivity index is 1.73. The molecule has 0 spiro atoms. The number of para-hydroxylation sites is 1. The molecule has 1 aromatic carbocycles. The summed E-state index contributed by atoms with van der Waals surface area (Å²) in [5, 5.41) is 12.8. The second-order valence-corrected chi connectivity index (χ2v) is 6.82. The molecule has 2 atom stereocenters. The fourth-order valence-electron chi connectivity index (χ4n) is 3.54. The topological polar surface area (TPSA) is 62.7 Å². The van der Waals surface area contributed by atoms with Gasteiger partial charge in [0.2, 0.25) is 0 Å². The SMILES string of the molecule is O=C(O)C12Cc3ccccc3OCC1CN(c1nccs1)C2. The summed E-state index contributed by atoms with van der Waals surface area (Å²) in [6.07, 6.45) is 2.26. The number of carboxylic acids is 1. The summed E-state index contributed by atoms with van der Waals surface area (Å²) in [7, 11) is 0. The van der Waals surface area contributed by atoms with E-state index in [0.717, 1.165) is 16.4 Å². The monoisotopic (exact) mass is 316 g/mol. The highest BCUT2D eigenvalue weighted by atomic mass is 32.1. The maximum absolute atomic E-state index is 12.1. The van der Waals surface area contributed by atoms with Crippen LogP contribution in [0.1, 0.15) is 5.56 Å². The lowest BCUT2D eigenvalue weighted by Crippen LogP contribution is -2.42. The third-order valence-corrected chi connectivity index (χ3v) is 5.56. The Hall–Kier alpha value is -2.08. The molecule has 1 fully saturated rings. The van der Waals surface area contributed by atoms with Gasteiger partial charge in [-0.15, -0.1) is 11.3 Å². The zero-order chi connectivity index (χ0) is 15.2. The van der Waals surface area contributed by atoms with Crippen LogP contribution in [0.5, 0.6) is 5.75 Å². The summed E-state index contributed by atoms with van der Waals surface area (Å²) in [5.74, 6) is 0.0384. The van der Waals surface area contributed by atoms with E-state index in [4.69, 9.17) is 4.74 Å². The van der Waals surface area contributed by atoms with E-state index in [9.17, 15) is 9.90 Å². The fraction of sp³-hybridized carbons (Fsp3) is 0.375. The molecule has 3 heterocycles. The van der Waals surface area contributed by atoms with Crippen molar-refractivity contribution in [2.75, 3.05) is 24.6 Å². The predicted molar refractivity (Wildman–Crippen MR) is 83.5 cm³/mol. The Labute approximate surface area is 132 Å². The highest BCUT2D eigenvalue weighted by molar-refractivity contribution is 7.13. The van der Waals surface area contributed by atoms with Gasteiger partial charge >= 0.3 is 5.97 Å². The number of aliphatic carboxylic acids is 1. The van der Waals surface area contributed by atoms with E-state index < -0.39 is 11.4 Å². The smallest absolute Gasteiger partial charge is 0.312 e. The van der Waals surface area contributed by atoms with Crippen molar-refractivity contribution in [3.05, 3.63) is 41.4 Å². The molecule has 114 valence electrons. The lowest BCUT2D eigenvalue weighted by molar-refractivity contribution is -0.150. The summed E-state index contributed by atoms with van der Waals surface area (Å²) in [5.41, 5.74) is 0.173. The van der Waals surface area contributed by atoms with Crippen molar-refractivity contribution in [2.45, 2.75) is 6.42 Å². The van der Waals surface area contributed by atoms with Gasteiger partial charge in [0.05, 0.1) is 12.0 Å². The third kappa shape index (κ3) is 1.98. The Morgan fingerprint density at radius 3 is 3.09 bits per heavy atom. The van der Waals surface area contributed by atoms with Gasteiger partial charge < -0.3 is 14.7 Å². The molecule has 0 bridgehead atoms. The van der Waals surface area contributed by atoms with Gasteiger partial charge in [0, 0.05) is 30.6 Å². The molecule has 0 aliphatic carbocycles. The molecule has 2 aliphatic heterocycles. The molecule has 4 rings (SSSR count). The van der Waals surface area contributed by atoms with Gasteiger partial charge in [-0.1, -0.05) is 18.2 Å². The molecule has 1 aromatic heterocycles. The lowest BCUT2D eigenvalue weighted by Gasteiger charge is -2.27. The number of benzene rings is 1.